The number of nitrogens with one attached hydrogen (secondary N) is 2. The van der Waals surface area contributed by atoms with Gasteiger partial charge in [0.1, 0.15) is 11.6 Å². The molecule has 186 valence electrons. The van der Waals surface area contributed by atoms with Gasteiger partial charge < -0.3 is 25.0 Å². The maximum atomic E-state index is 13.2. The average molecular weight is 479 g/mol. The lowest BCUT2D eigenvalue weighted by atomic mass is 9.84. The van der Waals surface area contributed by atoms with Crippen LogP contribution in [0.1, 0.15) is 49.0 Å². The molecule has 1 aromatic carbocycles. The Bertz CT molecular complexity index is 1100. The maximum absolute atomic E-state index is 13.2. The van der Waals surface area contributed by atoms with E-state index in [1.165, 1.54) is 0 Å². The number of piperidine rings is 1. The van der Waals surface area contributed by atoms with E-state index in [9.17, 15) is 9.59 Å². The molecule has 35 heavy (non-hydrogen) atoms. The van der Waals surface area contributed by atoms with Crippen LogP contribution < -0.4 is 20.3 Å². The van der Waals surface area contributed by atoms with Crippen LogP contribution in [0, 0.1) is 11.8 Å². The second kappa shape index (κ2) is 9.85. The van der Waals surface area contributed by atoms with E-state index in [2.05, 4.69) is 34.4 Å². The molecule has 2 aromatic rings. The van der Waals surface area contributed by atoms with Crippen LogP contribution in [0.2, 0.25) is 0 Å². The number of aromatic nitrogens is 1. The van der Waals surface area contributed by atoms with Crippen LogP contribution >= 0.6 is 0 Å². The fraction of sp³-hybridized carbons (Fsp3) is 0.519. The molecule has 0 radical (unpaired) electrons. The van der Waals surface area contributed by atoms with Crippen molar-refractivity contribution >= 4 is 17.6 Å². The Morgan fingerprint density at radius 2 is 2.00 bits per heavy atom. The van der Waals surface area contributed by atoms with Crippen molar-refractivity contribution in [1.29, 1.82) is 0 Å². The molecule has 1 aromatic heterocycles. The summed E-state index contributed by atoms with van der Waals surface area (Å²) in [6.07, 6.45) is 2.77. The maximum Gasteiger partial charge on any atom is 0.251 e. The van der Waals surface area contributed by atoms with Gasteiger partial charge in [-0.1, -0.05) is 13.8 Å². The van der Waals surface area contributed by atoms with Crippen molar-refractivity contribution in [3.63, 3.8) is 0 Å². The van der Waals surface area contributed by atoms with Gasteiger partial charge in [0.05, 0.1) is 25.7 Å². The zero-order valence-corrected chi connectivity index (χ0v) is 20.7. The van der Waals surface area contributed by atoms with Crippen molar-refractivity contribution in [3.05, 3.63) is 41.6 Å². The predicted octanol–water partition coefficient (Wildman–Crippen LogP) is 2.97. The number of nitrogens with zero attached hydrogens (tertiary/aromatic N) is 2. The van der Waals surface area contributed by atoms with E-state index in [1.807, 2.05) is 37.4 Å². The SMILES string of the molecule is CC1CC(C)C(CNC(=O)c2cc(-c3ccc(N4CCOCC4)nc3)c3c(c2)C(C)CO3)C(=O)N1. The molecule has 4 heterocycles. The summed E-state index contributed by atoms with van der Waals surface area (Å²) in [5, 5.41) is 6.00. The Kier molecular flexibility index (Phi) is 6.65. The first kappa shape index (κ1) is 23.6. The number of ether oxygens (including phenoxy) is 2. The molecule has 2 amide bonds. The fourth-order valence-corrected chi connectivity index (χ4v) is 5.33. The fourth-order valence-electron chi connectivity index (χ4n) is 5.33. The van der Waals surface area contributed by atoms with Gasteiger partial charge in [-0.25, -0.2) is 4.98 Å². The first-order valence-corrected chi connectivity index (χ1v) is 12.6. The molecule has 0 saturated carbocycles. The number of benzene rings is 1. The number of hydrogen-bond acceptors (Lipinski definition) is 6. The molecule has 5 rings (SSSR count). The number of hydrogen-bond donors (Lipinski definition) is 2. The smallest absolute Gasteiger partial charge is 0.251 e. The van der Waals surface area contributed by atoms with E-state index >= 15 is 0 Å². The number of amides is 2. The summed E-state index contributed by atoms with van der Waals surface area (Å²) in [7, 11) is 0. The van der Waals surface area contributed by atoms with Crippen LogP contribution in [0.15, 0.2) is 30.5 Å². The normalized spacial score (nSPS) is 26.0. The number of morpholine rings is 1. The minimum atomic E-state index is -0.219. The van der Waals surface area contributed by atoms with Crippen molar-refractivity contribution in [2.24, 2.45) is 11.8 Å². The van der Waals surface area contributed by atoms with Crippen molar-refractivity contribution in [2.75, 3.05) is 44.4 Å². The standard InChI is InChI=1S/C27H34N4O4/c1-16-10-18(3)30-27(33)23(16)14-29-26(32)20-11-21-17(2)15-35-25(21)22(12-20)19-4-5-24(28-13-19)31-6-8-34-9-7-31/h4-5,11-13,16-18,23H,6-10,14-15H2,1-3H3,(H,29,32)(H,30,33). The molecule has 3 aliphatic rings. The summed E-state index contributed by atoms with van der Waals surface area (Å²) in [5.41, 5.74) is 3.39. The Balaban J connectivity index is 1.37. The third kappa shape index (κ3) is 4.85. The summed E-state index contributed by atoms with van der Waals surface area (Å²) in [5.74, 6) is 1.78. The average Bonchev–Trinajstić information content (AvgIpc) is 3.24. The van der Waals surface area contributed by atoms with Gasteiger partial charge in [0.2, 0.25) is 5.91 Å². The van der Waals surface area contributed by atoms with Crippen molar-refractivity contribution < 1.29 is 19.1 Å². The first-order chi connectivity index (χ1) is 16.9. The summed E-state index contributed by atoms with van der Waals surface area (Å²) in [4.78, 5) is 32.5. The summed E-state index contributed by atoms with van der Waals surface area (Å²) in [6.45, 7) is 10.2. The van der Waals surface area contributed by atoms with E-state index in [0.717, 1.165) is 47.8 Å². The molecule has 2 N–H and O–H groups in total. The highest BCUT2D eigenvalue weighted by molar-refractivity contribution is 5.97. The molecule has 2 fully saturated rings. The summed E-state index contributed by atoms with van der Waals surface area (Å²) >= 11 is 0. The van der Waals surface area contributed by atoms with E-state index in [1.54, 1.807) is 0 Å². The van der Waals surface area contributed by atoms with E-state index in [0.29, 0.717) is 31.9 Å². The third-order valence-electron chi connectivity index (χ3n) is 7.40. The largest absolute Gasteiger partial charge is 0.492 e. The molecule has 8 nitrogen and oxygen atoms in total. The molecule has 0 spiro atoms. The molecule has 3 aliphatic heterocycles. The van der Waals surface area contributed by atoms with Crippen LogP contribution in [0.3, 0.4) is 0 Å². The minimum absolute atomic E-state index is 0.0136. The highest BCUT2D eigenvalue weighted by atomic mass is 16.5. The lowest BCUT2D eigenvalue weighted by Crippen LogP contribution is -2.50. The van der Waals surface area contributed by atoms with Gasteiger partial charge in [0.25, 0.3) is 5.91 Å². The topological polar surface area (TPSA) is 92.8 Å². The highest BCUT2D eigenvalue weighted by Gasteiger charge is 2.33. The summed E-state index contributed by atoms with van der Waals surface area (Å²) < 4.78 is 11.5. The molecule has 0 aliphatic carbocycles. The molecular formula is C27H34N4O4. The monoisotopic (exact) mass is 478 g/mol. The zero-order chi connectivity index (χ0) is 24.5. The van der Waals surface area contributed by atoms with Crippen LogP contribution in [0.5, 0.6) is 5.75 Å². The quantitative estimate of drug-likeness (QED) is 0.687. The van der Waals surface area contributed by atoms with Gasteiger partial charge in [0, 0.05) is 60.0 Å². The molecule has 8 heteroatoms. The number of anilines is 1. The van der Waals surface area contributed by atoms with E-state index in [-0.39, 0.29) is 35.6 Å². The van der Waals surface area contributed by atoms with Crippen LogP contribution in [0.25, 0.3) is 11.1 Å². The molecule has 4 unspecified atom stereocenters. The number of fused-ring (bicyclic) bond motifs is 1. The minimum Gasteiger partial charge on any atom is -0.492 e. The van der Waals surface area contributed by atoms with Gasteiger partial charge >= 0.3 is 0 Å². The van der Waals surface area contributed by atoms with Gasteiger partial charge in [0.15, 0.2) is 0 Å². The number of carbonyl (C=O) groups excluding carboxylic acids is 2. The Labute approximate surface area is 206 Å². The third-order valence-corrected chi connectivity index (χ3v) is 7.40. The van der Waals surface area contributed by atoms with Crippen molar-refractivity contribution in [3.8, 4) is 16.9 Å². The van der Waals surface area contributed by atoms with E-state index < -0.39 is 0 Å². The number of rotatable bonds is 5. The summed E-state index contributed by atoms with van der Waals surface area (Å²) in [6, 6.07) is 8.03. The number of carbonyl (C=O) groups is 2. The second-order valence-electron chi connectivity index (χ2n) is 10.1. The second-order valence-corrected chi connectivity index (χ2v) is 10.1. The Morgan fingerprint density at radius 1 is 1.20 bits per heavy atom. The number of pyridine rings is 1. The Morgan fingerprint density at radius 3 is 2.71 bits per heavy atom. The van der Waals surface area contributed by atoms with Gasteiger partial charge in [-0.2, -0.15) is 0 Å². The first-order valence-electron chi connectivity index (χ1n) is 12.6. The lowest BCUT2D eigenvalue weighted by Gasteiger charge is -2.32. The van der Waals surface area contributed by atoms with Crippen LogP contribution in [0.4, 0.5) is 5.82 Å². The predicted molar refractivity (Wildman–Crippen MR) is 134 cm³/mol. The lowest BCUT2D eigenvalue weighted by molar-refractivity contribution is -0.129. The van der Waals surface area contributed by atoms with Crippen LogP contribution in [-0.4, -0.2) is 62.3 Å². The zero-order valence-electron chi connectivity index (χ0n) is 20.7. The van der Waals surface area contributed by atoms with E-state index in [4.69, 9.17) is 9.47 Å². The van der Waals surface area contributed by atoms with Crippen LogP contribution in [-0.2, 0) is 9.53 Å². The van der Waals surface area contributed by atoms with Gasteiger partial charge in [-0.3, -0.25) is 9.59 Å². The molecule has 2 saturated heterocycles. The highest BCUT2D eigenvalue weighted by Crippen LogP contribution is 2.42. The van der Waals surface area contributed by atoms with Crippen molar-refractivity contribution in [1.82, 2.24) is 15.6 Å². The van der Waals surface area contributed by atoms with Gasteiger partial charge in [-0.05, 0) is 43.5 Å². The molecular weight excluding hydrogens is 444 g/mol. The van der Waals surface area contributed by atoms with Gasteiger partial charge in [-0.15, -0.1) is 0 Å². The Hall–Kier alpha value is -3.13. The molecule has 0 bridgehead atoms. The van der Waals surface area contributed by atoms with Crippen molar-refractivity contribution in [2.45, 2.75) is 39.2 Å². The molecule has 4 atom stereocenters.